The normalized spacial score (nSPS) is 34.6. The topological polar surface area (TPSA) is 53.1 Å². The van der Waals surface area contributed by atoms with Crippen molar-refractivity contribution in [3.05, 3.63) is 11.5 Å². The molecule has 2 N–H and O–H groups in total. The molecule has 0 aromatic carbocycles. The average Bonchev–Trinajstić information content (AvgIpc) is 2.64. The largest absolute Gasteiger partial charge is 0.381 e. The molecule has 1 saturated carbocycles. The second-order valence-corrected chi connectivity index (χ2v) is 4.24. The first-order chi connectivity index (χ1) is 6.65. The minimum absolute atomic E-state index is 0.118. The van der Waals surface area contributed by atoms with Crippen LogP contribution in [0.4, 0.5) is 10.2 Å². The van der Waals surface area contributed by atoms with Crippen molar-refractivity contribution in [2.45, 2.75) is 11.8 Å². The molecule has 1 aromatic heterocycles. The molecule has 14 heavy (non-hydrogen) atoms. The molecule has 76 valence electrons. The highest BCUT2D eigenvalue weighted by atomic mass is 19.1. The maximum Gasteiger partial charge on any atom is 0.188 e. The average molecular weight is 197 g/mol. The predicted octanol–water partition coefficient (Wildman–Crippen LogP) is 0.429. The standard InChI is InChI=1S/C9H12FN3O/c1-13-8(11)6(10)7(12-13)9-2-5(9)3-14-4-9/h5H,2-4,11H2,1H3. The molecule has 0 radical (unpaired) electrons. The number of nitrogen functional groups attached to an aromatic ring is 1. The van der Waals surface area contributed by atoms with Gasteiger partial charge in [-0.2, -0.15) is 5.10 Å². The number of ether oxygens (including phenoxy) is 1. The number of aryl methyl sites for hydroxylation is 1. The van der Waals surface area contributed by atoms with Gasteiger partial charge in [-0.15, -0.1) is 0 Å². The van der Waals surface area contributed by atoms with Crippen LogP contribution in [-0.2, 0) is 17.2 Å². The summed E-state index contributed by atoms with van der Waals surface area (Å²) in [5, 5.41) is 4.14. The summed E-state index contributed by atoms with van der Waals surface area (Å²) in [4.78, 5) is 0. The van der Waals surface area contributed by atoms with Crippen LogP contribution in [0.1, 0.15) is 12.1 Å². The Balaban J connectivity index is 2.09. The van der Waals surface area contributed by atoms with Crippen molar-refractivity contribution in [2.75, 3.05) is 18.9 Å². The number of hydrogen-bond acceptors (Lipinski definition) is 3. The summed E-state index contributed by atoms with van der Waals surface area (Å²) >= 11 is 0. The summed E-state index contributed by atoms with van der Waals surface area (Å²) in [6, 6.07) is 0. The molecule has 1 aliphatic heterocycles. The number of nitrogens with zero attached hydrogens (tertiary/aromatic N) is 2. The van der Waals surface area contributed by atoms with Gasteiger partial charge >= 0.3 is 0 Å². The molecule has 0 spiro atoms. The van der Waals surface area contributed by atoms with Gasteiger partial charge in [-0.05, 0) is 12.3 Å². The van der Waals surface area contributed by atoms with Crippen LogP contribution in [0.25, 0.3) is 0 Å². The number of aromatic nitrogens is 2. The fraction of sp³-hybridized carbons (Fsp3) is 0.667. The number of halogens is 1. The van der Waals surface area contributed by atoms with Crippen LogP contribution in [0.5, 0.6) is 0 Å². The highest BCUT2D eigenvalue weighted by Gasteiger charge is 2.62. The Bertz CT molecular complexity index is 403. The number of fused-ring (bicyclic) bond motifs is 1. The van der Waals surface area contributed by atoms with Crippen LogP contribution < -0.4 is 5.73 Å². The minimum atomic E-state index is -0.361. The molecular formula is C9H12FN3O. The smallest absolute Gasteiger partial charge is 0.188 e. The molecule has 0 amide bonds. The van der Waals surface area contributed by atoms with E-state index in [1.165, 1.54) is 4.68 Å². The molecule has 2 atom stereocenters. The summed E-state index contributed by atoms with van der Waals surface area (Å²) < 4.78 is 20.4. The molecule has 1 aliphatic carbocycles. The van der Waals surface area contributed by atoms with Crippen LogP contribution in [0.3, 0.4) is 0 Å². The number of rotatable bonds is 1. The molecule has 2 unspecified atom stereocenters. The van der Waals surface area contributed by atoms with E-state index in [2.05, 4.69) is 5.10 Å². The predicted molar refractivity (Wildman–Crippen MR) is 48.2 cm³/mol. The fourth-order valence-corrected chi connectivity index (χ4v) is 2.35. The van der Waals surface area contributed by atoms with Gasteiger partial charge in [0, 0.05) is 12.5 Å². The Morgan fingerprint density at radius 2 is 2.50 bits per heavy atom. The zero-order valence-electron chi connectivity index (χ0n) is 7.96. The Kier molecular flexibility index (Phi) is 1.34. The van der Waals surface area contributed by atoms with E-state index in [-0.39, 0.29) is 17.1 Å². The van der Waals surface area contributed by atoms with Gasteiger partial charge in [0.25, 0.3) is 0 Å². The van der Waals surface area contributed by atoms with E-state index >= 15 is 0 Å². The van der Waals surface area contributed by atoms with E-state index in [0.717, 1.165) is 13.0 Å². The molecule has 1 saturated heterocycles. The molecule has 5 heteroatoms. The number of hydrogen-bond donors (Lipinski definition) is 1. The summed E-state index contributed by atoms with van der Waals surface area (Å²) in [6.45, 7) is 1.32. The number of anilines is 1. The van der Waals surface area contributed by atoms with Gasteiger partial charge in [-0.25, -0.2) is 4.39 Å². The highest BCUT2D eigenvalue weighted by Crippen LogP contribution is 2.58. The Morgan fingerprint density at radius 3 is 2.93 bits per heavy atom. The van der Waals surface area contributed by atoms with Crippen LogP contribution >= 0.6 is 0 Å². The van der Waals surface area contributed by atoms with Gasteiger partial charge in [0.1, 0.15) is 5.69 Å². The number of nitrogens with two attached hydrogens (primary N) is 1. The summed E-state index contributed by atoms with van der Waals surface area (Å²) in [5.74, 6) is 0.207. The van der Waals surface area contributed by atoms with Gasteiger partial charge in [0.2, 0.25) is 0 Å². The van der Waals surface area contributed by atoms with E-state index in [0.29, 0.717) is 18.2 Å². The first-order valence-corrected chi connectivity index (χ1v) is 4.71. The molecule has 0 bridgehead atoms. The second kappa shape index (κ2) is 2.28. The molecule has 2 aliphatic rings. The van der Waals surface area contributed by atoms with Crippen LogP contribution in [0, 0.1) is 11.7 Å². The summed E-state index contributed by atoms with van der Waals surface area (Å²) in [5.41, 5.74) is 5.88. The molecular weight excluding hydrogens is 185 g/mol. The lowest BCUT2D eigenvalue weighted by molar-refractivity contribution is 0.158. The monoisotopic (exact) mass is 197 g/mol. The molecule has 1 aromatic rings. The Morgan fingerprint density at radius 1 is 1.71 bits per heavy atom. The zero-order chi connectivity index (χ0) is 9.92. The third-order valence-corrected chi connectivity index (χ3v) is 3.41. The van der Waals surface area contributed by atoms with E-state index in [4.69, 9.17) is 10.5 Å². The minimum Gasteiger partial charge on any atom is -0.381 e. The van der Waals surface area contributed by atoms with Gasteiger partial charge in [0.05, 0.1) is 13.2 Å². The van der Waals surface area contributed by atoms with E-state index in [1.807, 2.05) is 0 Å². The second-order valence-electron chi connectivity index (χ2n) is 4.24. The Hall–Kier alpha value is -1.10. The first kappa shape index (κ1) is 8.23. The fourth-order valence-electron chi connectivity index (χ4n) is 2.35. The van der Waals surface area contributed by atoms with Crippen molar-refractivity contribution in [1.29, 1.82) is 0 Å². The van der Waals surface area contributed by atoms with E-state index in [1.54, 1.807) is 7.05 Å². The van der Waals surface area contributed by atoms with Crippen molar-refractivity contribution in [3.8, 4) is 0 Å². The molecule has 2 fully saturated rings. The van der Waals surface area contributed by atoms with Crippen molar-refractivity contribution in [2.24, 2.45) is 13.0 Å². The van der Waals surface area contributed by atoms with Gasteiger partial charge < -0.3 is 10.5 Å². The third kappa shape index (κ3) is 0.785. The maximum atomic E-state index is 13.7. The van der Waals surface area contributed by atoms with Crippen molar-refractivity contribution in [3.63, 3.8) is 0 Å². The lowest BCUT2D eigenvalue weighted by Gasteiger charge is -2.06. The maximum absolute atomic E-state index is 13.7. The molecule has 2 heterocycles. The van der Waals surface area contributed by atoms with Crippen molar-refractivity contribution >= 4 is 5.82 Å². The van der Waals surface area contributed by atoms with Crippen LogP contribution in [-0.4, -0.2) is 23.0 Å². The van der Waals surface area contributed by atoms with Crippen LogP contribution in [0.2, 0.25) is 0 Å². The quantitative estimate of drug-likeness (QED) is 0.710. The van der Waals surface area contributed by atoms with Gasteiger partial charge in [-0.1, -0.05) is 0 Å². The lowest BCUT2D eigenvalue weighted by Crippen LogP contribution is -2.14. The summed E-state index contributed by atoms with van der Waals surface area (Å²) in [6.07, 6.45) is 0.986. The highest BCUT2D eigenvalue weighted by molar-refractivity contribution is 5.41. The molecule has 3 rings (SSSR count). The Labute approximate surface area is 80.8 Å². The van der Waals surface area contributed by atoms with Crippen molar-refractivity contribution < 1.29 is 9.13 Å². The van der Waals surface area contributed by atoms with Crippen molar-refractivity contribution in [1.82, 2.24) is 9.78 Å². The third-order valence-electron chi connectivity index (χ3n) is 3.41. The zero-order valence-corrected chi connectivity index (χ0v) is 7.96. The lowest BCUT2D eigenvalue weighted by atomic mass is 10.0. The molecule has 4 nitrogen and oxygen atoms in total. The first-order valence-electron chi connectivity index (χ1n) is 4.71. The SMILES string of the molecule is Cn1nc(C23COCC2C3)c(F)c1N. The van der Waals surface area contributed by atoms with E-state index in [9.17, 15) is 4.39 Å². The van der Waals surface area contributed by atoms with Gasteiger partial charge in [0.15, 0.2) is 11.6 Å². The van der Waals surface area contributed by atoms with Gasteiger partial charge in [-0.3, -0.25) is 4.68 Å². The van der Waals surface area contributed by atoms with Crippen LogP contribution in [0.15, 0.2) is 0 Å². The van der Waals surface area contributed by atoms with E-state index < -0.39 is 0 Å². The summed E-state index contributed by atoms with van der Waals surface area (Å²) in [7, 11) is 1.66.